The highest BCUT2D eigenvalue weighted by Crippen LogP contribution is 2.28. The topological polar surface area (TPSA) is 57.0 Å². The molecule has 0 unspecified atom stereocenters. The first-order valence-electron chi connectivity index (χ1n) is 9.22. The maximum Gasteiger partial charge on any atom is 0.196 e. The van der Waals surface area contributed by atoms with E-state index < -0.39 is 0 Å². The van der Waals surface area contributed by atoms with Gasteiger partial charge in [0.2, 0.25) is 0 Å². The van der Waals surface area contributed by atoms with Crippen LogP contribution in [-0.2, 0) is 0 Å². The highest BCUT2D eigenvalue weighted by atomic mass is 32.2. The van der Waals surface area contributed by atoms with Gasteiger partial charge in [0.25, 0.3) is 0 Å². The number of carbonyl (C=O) groups excluding carboxylic acids is 1. The summed E-state index contributed by atoms with van der Waals surface area (Å²) in [6.45, 7) is 0. The quantitative estimate of drug-likeness (QED) is 0.310. The van der Waals surface area contributed by atoms with Crippen molar-refractivity contribution in [3.63, 3.8) is 0 Å². The van der Waals surface area contributed by atoms with Gasteiger partial charge >= 0.3 is 0 Å². The Morgan fingerprint density at radius 2 is 1.77 bits per heavy atom. The number of ether oxygens (including phenoxy) is 1. The summed E-state index contributed by atoms with van der Waals surface area (Å²) in [6.07, 6.45) is 0. The number of ketones is 1. The van der Waals surface area contributed by atoms with Gasteiger partial charge in [-0.05, 0) is 36.4 Å². The normalized spacial score (nSPS) is 10.7. The maximum absolute atomic E-state index is 13.5. The number of benzene rings is 3. The van der Waals surface area contributed by atoms with Crippen molar-refractivity contribution in [3.05, 3.63) is 90.2 Å². The molecule has 0 aliphatic carbocycles. The van der Waals surface area contributed by atoms with Gasteiger partial charge in [0.15, 0.2) is 16.8 Å². The maximum atomic E-state index is 13.5. The van der Waals surface area contributed by atoms with E-state index in [1.54, 1.807) is 43.5 Å². The lowest BCUT2D eigenvalue weighted by Gasteiger charge is -2.10. The summed E-state index contributed by atoms with van der Waals surface area (Å²) in [5.74, 6) is 1.07. The molecule has 0 bridgehead atoms. The predicted octanol–water partition coefficient (Wildman–Crippen LogP) is 5.06. The Morgan fingerprint density at radius 3 is 2.50 bits per heavy atom. The van der Waals surface area contributed by atoms with Crippen LogP contribution in [-0.4, -0.2) is 33.4 Å². The van der Waals surface area contributed by atoms with E-state index in [-0.39, 0.29) is 17.4 Å². The Kier molecular flexibility index (Phi) is 5.90. The molecular formula is C23H18FN3O2S. The van der Waals surface area contributed by atoms with Crippen molar-refractivity contribution >= 4 is 17.5 Å². The highest BCUT2D eigenvalue weighted by Gasteiger charge is 2.18. The molecule has 30 heavy (non-hydrogen) atoms. The average molecular weight is 419 g/mol. The number of nitrogens with zero attached hydrogens (tertiary/aromatic N) is 3. The third kappa shape index (κ3) is 4.26. The van der Waals surface area contributed by atoms with Gasteiger partial charge in [0, 0.05) is 16.8 Å². The summed E-state index contributed by atoms with van der Waals surface area (Å²) in [5, 5.41) is 9.18. The van der Waals surface area contributed by atoms with E-state index in [4.69, 9.17) is 4.74 Å². The summed E-state index contributed by atoms with van der Waals surface area (Å²) < 4.78 is 20.5. The van der Waals surface area contributed by atoms with Gasteiger partial charge in [-0.25, -0.2) is 4.39 Å². The molecule has 0 amide bonds. The first-order chi connectivity index (χ1) is 14.7. The van der Waals surface area contributed by atoms with E-state index in [1.165, 1.54) is 23.9 Å². The van der Waals surface area contributed by atoms with Crippen molar-refractivity contribution in [2.45, 2.75) is 5.16 Å². The molecule has 1 aromatic heterocycles. The SMILES string of the molecule is COc1cccc(C(=O)CSc2nnc(-c3ccccc3)n2-c2ccc(F)cc2)c1. The molecule has 5 nitrogen and oxygen atoms in total. The van der Waals surface area contributed by atoms with Crippen LogP contribution in [0.2, 0.25) is 0 Å². The van der Waals surface area contributed by atoms with Crippen LogP contribution in [0.15, 0.2) is 84.0 Å². The molecular weight excluding hydrogens is 401 g/mol. The summed E-state index contributed by atoms with van der Waals surface area (Å²) in [4.78, 5) is 12.7. The van der Waals surface area contributed by atoms with E-state index in [0.29, 0.717) is 22.3 Å². The van der Waals surface area contributed by atoms with Crippen molar-refractivity contribution in [3.8, 4) is 22.8 Å². The lowest BCUT2D eigenvalue weighted by atomic mass is 10.1. The van der Waals surface area contributed by atoms with E-state index in [0.717, 1.165) is 11.3 Å². The van der Waals surface area contributed by atoms with Gasteiger partial charge in [-0.2, -0.15) is 0 Å². The zero-order valence-corrected chi connectivity index (χ0v) is 17.0. The Morgan fingerprint density at radius 1 is 1.00 bits per heavy atom. The van der Waals surface area contributed by atoms with Gasteiger partial charge in [0.05, 0.1) is 12.9 Å². The van der Waals surface area contributed by atoms with Crippen molar-refractivity contribution in [1.29, 1.82) is 0 Å². The second-order valence-electron chi connectivity index (χ2n) is 6.43. The minimum atomic E-state index is -0.324. The fourth-order valence-electron chi connectivity index (χ4n) is 2.97. The number of Topliss-reactive ketones (excluding diaryl/α,β-unsaturated/α-hetero) is 1. The first kappa shape index (κ1) is 19.8. The molecule has 3 aromatic carbocycles. The molecule has 0 aliphatic rings. The standard InChI is InChI=1S/C23H18FN3O2S/c1-29-20-9-5-8-17(14-20)21(28)15-30-23-26-25-22(16-6-3-2-4-7-16)27(23)19-12-10-18(24)11-13-19/h2-14H,15H2,1H3. The van der Waals surface area contributed by atoms with E-state index in [2.05, 4.69) is 10.2 Å². The second-order valence-corrected chi connectivity index (χ2v) is 7.37. The van der Waals surface area contributed by atoms with Gasteiger partial charge < -0.3 is 4.74 Å². The highest BCUT2D eigenvalue weighted by molar-refractivity contribution is 7.99. The Bertz CT molecular complexity index is 1160. The number of rotatable bonds is 7. The molecule has 1 heterocycles. The van der Waals surface area contributed by atoms with E-state index >= 15 is 0 Å². The Hall–Kier alpha value is -3.45. The molecule has 4 rings (SSSR count). The van der Waals surface area contributed by atoms with Crippen LogP contribution in [0.1, 0.15) is 10.4 Å². The summed E-state index contributed by atoms with van der Waals surface area (Å²) >= 11 is 1.28. The van der Waals surface area contributed by atoms with E-state index in [9.17, 15) is 9.18 Å². The molecule has 4 aromatic rings. The van der Waals surface area contributed by atoms with Crippen LogP contribution < -0.4 is 4.74 Å². The number of halogens is 1. The third-order valence-corrected chi connectivity index (χ3v) is 5.40. The zero-order valence-electron chi connectivity index (χ0n) is 16.2. The fourth-order valence-corrected chi connectivity index (χ4v) is 3.82. The van der Waals surface area contributed by atoms with Crippen molar-refractivity contribution < 1.29 is 13.9 Å². The molecule has 0 atom stereocenters. The Balaban J connectivity index is 1.65. The van der Waals surface area contributed by atoms with Crippen LogP contribution in [0.4, 0.5) is 4.39 Å². The molecule has 7 heteroatoms. The van der Waals surface area contributed by atoms with Crippen LogP contribution in [0.3, 0.4) is 0 Å². The van der Waals surface area contributed by atoms with Gasteiger partial charge in [-0.15, -0.1) is 10.2 Å². The Labute approximate surface area is 177 Å². The molecule has 0 radical (unpaired) electrons. The molecule has 0 aliphatic heterocycles. The average Bonchev–Trinajstić information content (AvgIpc) is 3.22. The fraction of sp³-hybridized carbons (Fsp3) is 0.0870. The largest absolute Gasteiger partial charge is 0.497 e. The number of hydrogen-bond donors (Lipinski definition) is 0. The number of thioether (sulfide) groups is 1. The van der Waals surface area contributed by atoms with Gasteiger partial charge in [-0.1, -0.05) is 54.2 Å². The number of aromatic nitrogens is 3. The lowest BCUT2D eigenvalue weighted by Crippen LogP contribution is -2.05. The summed E-state index contributed by atoms with van der Waals surface area (Å²) in [7, 11) is 1.56. The summed E-state index contributed by atoms with van der Waals surface area (Å²) in [6, 6.07) is 22.8. The minimum absolute atomic E-state index is 0.0474. The van der Waals surface area contributed by atoms with E-state index in [1.807, 2.05) is 34.9 Å². The molecule has 0 saturated carbocycles. The minimum Gasteiger partial charge on any atom is -0.497 e. The third-order valence-electron chi connectivity index (χ3n) is 4.47. The molecule has 0 N–H and O–H groups in total. The number of methoxy groups -OCH3 is 1. The number of hydrogen-bond acceptors (Lipinski definition) is 5. The van der Waals surface area contributed by atoms with Crippen molar-refractivity contribution in [2.24, 2.45) is 0 Å². The van der Waals surface area contributed by atoms with Crippen molar-refractivity contribution in [1.82, 2.24) is 14.8 Å². The lowest BCUT2D eigenvalue weighted by molar-refractivity contribution is 0.102. The van der Waals surface area contributed by atoms with Crippen molar-refractivity contribution in [2.75, 3.05) is 12.9 Å². The molecule has 0 saturated heterocycles. The van der Waals surface area contributed by atoms with Crippen LogP contribution in [0.25, 0.3) is 17.1 Å². The zero-order chi connectivity index (χ0) is 20.9. The number of carbonyl (C=O) groups is 1. The van der Waals surface area contributed by atoms with Gasteiger partial charge in [0.1, 0.15) is 11.6 Å². The second kappa shape index (κ2) is 8.92. The van der Waals surface area contributed by atoms with Crippen LogP contribution >= 0.6 is 11.8 Å². The monoisotopic (exact) mass is 419 g/mol. The molecule has 0 spiro atoms. The molecule has 0 fully saturated rings. The molecule has 150 valence electrons. The predicted molar refractivity (Wildman–Crippen MR) is 115 cm³/mol. The van der Waals surface area contributed by atoms with Crippen LogP contribution in [0.5, 0.6) is 5.75 Å². The van der Waals surface area contributed by atoms with Crippen LogP contribution in [0, 0.1) is 5.82 Å². The first-order valence-corrected chi connectivity index (χ1v) is 10.2. The smallest absolute Gasteiger partial charge is 0.196 e. The van der Waals surface area contributed by atoms with Gasteiger partial charge in [-0.3, -0.25) is 9.36 Å². The summed E-state index contributed by atoms with van der Waals surface area (Å²) in [5.41, 5.74) is 2.16.